The van der Waals surface area contributed by atoms with E-state index in [1.165, 1.54) is 5.39 Å². The number of fused-ring (bicyclic) bond motifs is 1. The number of aromatic hydroxyl groups is 1. The summed E-state index contributed by atoms with van der Waals surface area (Å²) in [5.74, 6) is 0.144. The molecule has 0 atom stereocenters. The molecule has 3 aromatic rings. The van der Waals surface area contributed by atoms with Crippen LogP contribution in [0.25, 0.3) is 10.8 Å². The van der Waals surface area contributed by atoms with E-state index in [4.69, 9.17) is 0 Å². The van der Waals surface area contributed by atoms with E-state index in [2.05, 4.69) is 22.0 Å². The Balaban J connectivity index is 1.52. The number of hydrogen-bond donors (Lipinski definition) is 1. The van der Waals surface area contributed by atoms with Gasteiger partial charge < -0.3 is 14.9 Å². The molecule has 26 heavy (non-hydrogen) atoms. The van der Waals surface area contributed by atoms with Crippen molar-refractivity contribution in [2.24, 2.45) is 0 Å². The Labute approximate surface area is 152 Å². The first kappa shape index (κ1) is 16.4. The molecular weight excluding hydrogens is 326 g/mol. The quantitative estimate of drug-likeness (QED) is 0.773. The molecule has 132 valence electrons. The molecule has 1 N–H and O–H groups in total. The van der Waals surface area contributed by atoms with Crippen molar-refractivity contribution in [1.29, 1.82) is 0 Å². The number of piperazine rings is 1. The standard InChI is InChI=1S/C21H21N3O2/c1-15-17(7-4-8-20(15)25)21(26)24-11-9-23(10-12-24)19-14-22-13-16-5-2-3-6-18(16)19/h2-8,13-14,25H,9-12H2,1H3. The van der Waals surface area contributed by atoms with Gasteiger partial charge in [-0.3, -0.25) is 9.78 Å². The molecule has 0 aliphatic carbocycles. The number of hydrogen-bond acceptors (Lipinski definition) is 4. The maximum absolute atomic E-state index is 12.8. The summed E-state index contributed by atoms with van der Waals surface area (Å²) in [4.78, 5) is 21.3. The molecule has 0 saturated carbocycles. The highest BCUT2D eigenvalue weighted by Crippen LogP contribution is 2.27. The maximum atomic E-state index is 12.8. The van der Waals surface area contributed by atoms with Gasteiger partial charge >= 0.3 is 0 Å². The number of nitrogens with zero attached hydrogens (tertiary/aromatic N) is 3. The van der Waals surface area contributed by atoms with E-state index in [0.717, 1.165) is 24.2 Å². The Kier molecular flexibility index (Phi) is 4.21. The number of phenolic OH excluding ortho intramolecular Hbond substituents is 1. The minimum atomic E-state index is -0.0194. The fourth-order valence-corrected chi connectivity index (χ4v) is 3.53. The maximum Gasteiger partial charge on any atom is 0.254 e. The summed E-state index contributed by atoms with van der Waals surface area (Å²) in [6.07, 6.45) is 3.78. The highest BCUT2D eigenvalue weighted by molar-refractivity contribution is 5.97. The van der Waals surface area contributed by atoms with Gasteiger partial charge in [-0.1, -0.05) is 30.3 Å². The third kappa shape index (κ3) is 2.86. The van der Waals surface area contributed by atoms with Crippen LogP contribution >= 0.6 is 0 Å². The minimum Gasteiger partial charge on any atom is -0.508 e. The molecule has 1 aliphatic rings. The molecule has 1 fully saturated rings. The Morgan fingerprint density at radius 3 is 2.58 bits per heavy atom. The van der Waals surface area contributed by atoms with E-state index in [1.54, 1.807) is 25.1 Å². The van der Waals surface area contributed by atoms with E-state index in [0.29, 0.717) is 24.2 Å². The number of aromatic nitrogens is 1. The van der Waals surface area contributed by atoms with Crippen LogP contribution in [0.15, 0.2) is 54.9 Å². The van der Waals surface area contributed by atoms with Crippen molar-refractivity contribution in [2.75, 3.05) is 31.1 Å². The first-order valence-corrected chi connectivity index (χ1v) is 8.80. The van der Waals surface area contributed by atoms with Gasteiger partial charge in [0.15, 0.2) is 0 Å². The lowest BCUT2D eigenvalue weighted by Gasteiger charge is -2.36. The molecule has 5 heteroatoms. The van der Waals surface area contributed by atoms with Crippen LogP contribution in [-0.2, 0) is 0 Å². The topological polar surface area (TPSA) is 56.7 Å². The Morgan fingerprint density at radius 2 is 1.77 bits per heavy atom. The van der Waals surface area contributed by atoms with Crippen LogP contribution in [0.2, 0.25) is 0 Å². The summed E-state index contributed by atoms with van der Waals surface area (Å²) in [6.45, 7) is 4.60. The van der Waals surface area contributed by atoms with Crippen molar-refractivity contribution in [3.05, 3.63) is 66.0 Å². The predicted octanol–water partition coefficient (Wildman–Crippen LogP) is 3.21. The van der Waals surface area contributed by atoms with Crippen LogP contribution in [0.1, 0.15) is 15.9 Å². The number of rotatable bonds is 2. The van der Waals surface area contributed by atoms with Crippen molar-refractivity contribution in [1.82, 2.24) is 9.88 Å². The van der Waals surface area contributed by atoms with Crippen molar-refractivity contribution in [3.8, 4) is 5.75 Å². The van der Waals surface area contributed by atoms with E-state index in [-0.39, 0.29) is 11.7 Å². The number of phenols is 1. The lowest BCUT2D eigenvalue weighted by Crippen LogP contribution is -2.49. The Bertz CT molecular complexity index is 957. The van der Waals surface area contributed by atoms with Crippen LogP contribution in [0.5, 0.6) is 5.75 Å². The molecule has 0 radical (unpaired) electrons. The molecule has 0 bridgehead atoms. The molecule has 1 saturated heterocycles. The molecule has 5 nitrogen and oxygen atoms in total. The van der Waals surface area contributed by atoms with Gasteiger partial charge in [-0.05, 0) is 19.1 Å². The van der Waals surface area contributed by atoms with Crippen molar-refractivity contribution in [2.45, 2.75) is 6.92 Å². The lowest BCUT2D eigenvalue weighted by molar-refractivity contribution is 0.0745. The molecule has 1 aromatic heterocycles. The number of amides is 1. The summed E-state index contributed by atoms with van der Waals surface area (Å²) in [7, 11) is 0. The summed E-state index contributed by atoms with van der Waals surface area (Å²) in [6, 6.07) is 13.3. The normalized spacial score (nSPS) is 14.7. The third-order valence-corrected chi connectivity index (χ3v) is 5.09. The van der Waals surface area contributed by atoms with E-state index in [9.17, 15) is 9.90 Å². The Hall–Kier alpha value is -3.08. The number of carbonyl (C=O) groups is 1. The largest absolute Gasteiger partial charge is 0.508 e. The fraction of sp³-hybridized carbons (Fsp3) is 0.238. The van der Waals surface area contributed by atoms with Crippen LogP contribution < -0.4 is 4.90 Å². The molecule has 1 aliphatic heterocycles. The highest BCUT2D eigenvalue weighted by atomic mass is 16.3. The van der Waals surface area contributed by atoms with E-state index in [1.807, 2.05) is 29.4 Å². The first-order valence-electron chi connectivity index (χ1n) is 8.80. The van der Waals surface area contributed by atoms with Crippen LogP contribution in [0.4, 0.5) is 5.69 Å². The van der Waals surface area contributed by atoms with E-state index < -0.39 is 0 Å². The average Bonchev–Trinajstić information content (AvgIpc) is 2.69. The second-order valence-electron chi connectivity index (χ2n) is 6.61. The monoisotopic (exact) mass is 347 g/mol. The zero-order valence-corrected chi connectivity index (χ0v) is 14.7. The van der Waals surface area contributed by atoms with Crippen LogP contribution in [0.3, 0.4) is 0 Å². The van der Waals surface area contributed by atoms with Gasteiger partial charge in [0.05, 0.1) is 11.9 Å². The SMILES string of the molecule is Cc1c(O)cccc1C(=O)N1CCN(c2cncc3ccccc23)CC1. The number of benzene rings is 2. The van der Waals surface area contributed by atoms with Crippen LogP contribution in [-0.4, -0.2) is 47.1 Å². The van der Waals surface area contributed by atoms with Gasteiger partial charge in [0, 0.05) is 54.3 Å². The fourth-order valence-electron chi connectivity index (χ4n) is 3.53. The molecule has 2 aromatic carbocycles. The Morgan fingerprint density at radius 1 is 1.00 bits per heavy atom. The molecule has 2 heterocycles. The van der Waals surface area contributed by atoms with Crippen LogP contribution in [0, 0.1) is 6.92 Å². The van der Waals surface area contributed by atoms with Gasteiger partial charge in [0.1, 0.15) is 5.75 Å². The van der Waals surface area contributed by atoms with Crippen molar-refractivity contribution < 1.29 is 9.90 Å². The molecule has 0 unspecified atom stereocenters. The van der Waals surface area contributed by atoms with Gasteiger partial charge in [0.25, 0.3) is 5.91 Å². The number of pyridine rings is 1. The lowest BCUT2D eigenvalue weighted by atomic mass is 10.1. The second-order valence-corrected chi connectivity index (χ2v) is 6.61. The van der Waals surface area contributed by atoms with Gasteiger partial charge in [-0.15, -0.1) is 0 Å². The van der Waals surface area contributed by atoms with Gasteiger partial charge in [0.2, 0.25) is 0 Å². The predicted molar refractivity (Wildman–Crippen MR) is 103 cm³/mol. The third-order valence-electron chi connectivity index (χ3n) is 5.09. The molecular formula is C21H21N3O2. The van der Waals surface area contributed by atoms with Gasteiger partial charge in [-0.2, -0.15) is 0 Å². The summed E-state index contributed by atoms with van der Waals surface area (Å²) >= 11 is 0. The molecule has 1 amide bonds. The molecule has 4 rings (SSSR count). The highest BCUT2D eigenvalue weighted by Gasteiger charge is 2.24. The first-order chi connectivity index (χ1) is 12.6. The summed E-state index contributed by atoms with van der Waals surface area (Å²) in [5, 5.41) is 12.2. The smallest absolute Gasteiger partial charge is 0.254 e. The number of carbonyl (C=O) groups excluding carboxylic acids is 1. The van der Waals surface area contributed by atoms with Crippen molar-refractivity contribution in [3.63, 3.8) is 0 Å². The average molecular weight is 347 g/mol. The number of anilines is 1. The van der Waals surface area contributed by atoms with Crippen molar-refractivity contribution >= 4 is 22.4 Å². The summed E-state index contributed by atoms with van der Waals surface area (Å²) < 4.78 is 0. The zero-order chi connectivity index (χ0) is 18.1. The zero-order valence-electron chi connectivity index (χ0n) is 14.7. The minimum absolute atomic E-state index is 0.0194. The second kappa shape index (κ2) is 6.67. The summed E-state index contributed by atoms with van der Waals surface area (Å²) in [5.41, 5.74) is 2.33. The van der Waals surface area contributed by atoms with Gasteiger partial charge in [-0.25, -0.2) is 0 Å². The van der Waals surface area contributed by atoms with E-state index >= 15 is 0 Å². The molecule has 0 spiro atoms.